The summed E-state index contributed by atoms with van der Waals surface area (Å²) in [5, 5.41) is 34.6. The summed E-state index contributed by atoms with van der Waals surface area (Å²) in [6, 6.07) is 39.9. The van der Waals surface area contributed by atoms with Crippen LogP contribution in [0.4, 0.5) is 79.3 Å². The normalized spacial score (nSPS) is 10.1. The van der Waals surface area contributed by atoms with Crippen molar-refractivity contribution in [2.45, 2.75) is 74.8 Å². The van der Waals surface area contributed by atoms with Crippen LogP contribution in [0, 0.1) is 48.5 Å². The number of nitrogens with zero attached hydrogens (tertiary/aromatic N) is 2. The van der Waals surface area contributed by atoms with E-state index in [0.29, 0.717) is 56.7 Å². The monoisotopic (exact) mass is 1850 g/mol. The first-order chi connectivity index (χ1) is 52.3. The zero-order valence-corrected chi connectivity index (χ0v) is 75.9. The number of para-hydroxylation sites is 9. The molecule has 0 atom stereocenters. The largest absolute Gasteiger partial charge is 0.465 e. The molecule has 1 amide bonds. The van der Waals surface area contributed by atoms with Crippen LogP contribution < -0.4 is 65.3 Å². The summed E-state index contributed by atoms with van der Waals surface area (Å²) in [6.07, 6.45) is -0.404. The van der Waals surface area contributed by atoms with E-state index in [1.54, 1.807) is 23.5 Å². The number of hydrogen-bond acceptors (Lipinski definition) is 23. The molecule has 0 bridgehead atoms. The standard InChI is InChI=1S/C12H12ClN3S2.2C12H10ClN3S.C12H10ClNOS2.C10H15NO2S.C7H9NO2S.C6H8N2.C5H6ClNS.3ClH/c1-7-6-18-11(13)10(7)16-12(17)15-9-5-3-2-4-8(9)14;2*1-7-6-17-11(13)10(7)16-12-14-8-4-2-3-5-9(8)15-12;1-8-7-17-11(13)10(8)14-12(16)15-9-5-3-2-4-6-9;1-7-5-14-6-8(7)11-9(12)13-10(2,3)4;1-4-3-11-6(5(4)8)7(9)10-2;7-5-3-1-2-4-6(5)8;1-3-2-8-5(6)4(3)7;;;/h2-6H,14H2,1H3,(H2,15,16,17);2*2-6H,1H3,(H2,14,15,16);2-7H,1H3,(H,14,16);5-6H,1-4H3,(H,11,12);3H,8H2,1-2H3;1-4H,7-8H2;2H,7H2,1H3;3*1H. The third kappa shape index (κ3) is 30.9. The van der Waals surface area contributed by atoms with Crippen LogP contribution >= 0.6 is 199 Å². The quantitative estimate of drug-likeness (QED) is 0.0344. The van der Waals surface area contributed by atoms with Gasteiger partial charge in [0.05, 0.1) is 91.7 Å². The lowest BCUT2D eigenvalue weighted by Gasteiger charge is -2.19. The van der Waals surface area contributed by atoms with Crippen molar-refractivity contribution in [3.8, 4) is 5.75 Å². The number of fused-ring (bicyclic) bond motifs is 2. The van der Waals surface area contributed by atoms with Gasteiger partial charge in [0.25, 0.3) is 5.17 Å². The lowest BCUT2D eigenvalue weighted by atomic mass is 10.2. The number of amides is 1. The Morgan fingerprint density at radius 2 is 0.850 bits per heavy atom. The van der Waals surface area contributed by atoms with Gasteiger partial charge in [-0.1, -0.05) is 125 Å². The van der Waals surface area contributed by atoms with Gasteiger partial charge < -0.3 is 79.4 Å². The number of thiocarbonyl (C=S) groups is 2. The molecule has 0 fully saturated rings. The summed E-state index contributed by atoms with van der Waals surface area (Å²) in [5.74, 6) is 1.78. The third-order valence-corrected chi connectivity index (χ3v) is 23.5. The molecule has 0 radical (unpaired) electrons. The molecule has 20 nitrogen and oxygen atoms in total. The number of hydrogen-bond donors (Lipinski definition) is 13. The first-order valence-electron chi connectivity index (χ1n) is 32.7. The number of ether oxygens (including phenoxy) is 3. The lowest BCUT2D eigenvalue weighted by Crippen LogP contribution is -2.27. The number of anilines is 13. The minimum Gasteiger partial charge on any atom is -0.465 e. The maximum absolute atomic E-state index is 11.3. The zero-order chi connectivity index (χ0) is 80.4. The minimum absolute atomic E-state index is 0. The lowest BCUT2D eigenvalue weighted by molar-refractivity contribution is 0.0604. The average molecular weight is 1860 g/mol. The van der Waals surface area contributed by atoms with E-state index < -0.39 is 11.7 Å². The topological polar surface area (TPSA) is 321 Å². The summed E-state index contributed by atoms with van der Waals surface area (Å²) in [4.78, 5) is 38.1. The van der Waals surface area contributed by atoms with Crippen molar-refractivity contribution < 1.29 is 23.8 Å². The Labute approximate surface area is 738 Å². The fourth-order valence-electron chi connectivity index (χ4n) is 8.64. The van der Waals surface area contributed by atoms with E-state index in [1.807, 2.05) is 228 Å². The number of rotatable bonds is 10. The molecule has 602 valence electrons. The van der Waals surface area contributed by atoms with Crippen molar-refractivity contribution in [1.29, 1.82) is 0 Å². The molecule has 0 saturated carbocycles. The number of nitrogen functional groups attached to an aromatic ring is 5. The number of H-pyrrole nitrogens is 2. The van der Waals surface area contributed by atoms with Crippen LogP contribution in [0.1, 0.15) is 69.4 Å². The number of carbonyl (C=O) groups excluding carboxylic acids is 2. The summed E-state index contributed by atoms with van der Waals surface area (Å²) in [5.41, 5.74) is 46.9. The van der Waals surface area contributed by atoms with Crippen LogP contribution in [0.5, 0.6) is 5.75 Å². The molecular weight excluding hydrogens is 1780 g/mol. The van der Waals surface area contributed by atoms with Crippen LogP contribution in [0.15, 0.2) is 170 Å². The number of thiophene rings is 7. The highest BCUT2D eigenvalue weighted by molar-refractivity contribution is 7.80. The number of imidazole rings is 2. The second kappa shape index (κ2) is 47.7. The Hall–Kier alpha value is -8.02. The van der Waals surface area contributed by atoms with E-state index in [0.717, 1.165) is 121 Å². The number of nitrogens with two attached hydrogens (primary N) is 5. The molecule has 9 aromatic heterocycles. The maximum atomic E-state index is 11.3. The fourth-order valence-corrected chi connectivity index (χ4v) is 15.9. The van der Waals surface area contributed by atoms with Gasteiger partial charge in [-0.15, -0.1) is 117 Å². The maximum Gasteiger partial charge on any atom is 0.412 e. The molecule has 5 aromatic carbocycles. The number of esters is 1. The predicted molar refractivity (Wildman–Crippen MR) is 508 cm³/mol. The van der Waals surface area contributed by atoms with Crippen molar-refractivity contribution in [3.05, 3.63) is 236 Å². The van der Waals surface area contributed by atoms with Gasteiger partial charge in [-0.3, -0.25) is 5.32 Å². The molecule has 0 saturated heterocycles. The van der Waals surface area contributed by atoms with Crippen LogP contribution in [0.3, 0.4) is 0 Å². The van der Waals surface area contributed by atoms with E-state index in [9.17, 15) is 9.59 Å². The van der Waals surface area contributed by atoms with Crippen molar-refractivity contribution in [3.63, 3.8) is 0 Å². The van der Waals surface area contributed by atoms with Crippen molar-refractivity contribution in [1.82, 2.24) is 19.9 Å². The highest BCUT2D eigenvalue weighted by Gasteiger charge is 2.18. The first-order valence-corrected chi connectivity index (χ1v) is 41.6. The summed E-state index contributed by atoms with van der Waals surface area (Å²) >= 11 is 50.6. The van der Waals surface area contributed by atoms with E-state index in [-0.39, 0.29) is 43.2 Å². The van der Waals surface area contributed by atoms with Crippen molar-refractivity contribution >= 4 is 318 Å². The van der Waals surface area contributed by atoms with Crippen LogP contribution in [-0.4, -0.2) is 55.0 Å². The van der Waals surface area contributed by atoms with E-state index in [4.69, 9.17) is 121 Å². The van der Waals surface area contributed by atoms with E-state index in [2.05, 4.69) is 56.6 Å². The smallest absolute Gasteiger partial charge is 0.412 e. The summed E-state index contributed by atoms with van der Waals surface area (Å²) < 4.78 is 18.7. The van der Waals surface area contributed by atoms with Gasteiger partial charge in [0.2, 0.25) is 11.9 Å². The van der Waals surface area contributed by atoms with Gasteiger partial charge in [-0.25, -0.2) is 19.6 Å². The molecule has 37 heteroatoms. The van der Waals surface area contributed by atoms with Crippen LogP contribution in [-0.2, 0) is 9.47 Å². The van der Waals surface area contributed by atoms with Gasteiger partial charge in [-0.05, 0) is 231 Å². The molecule has 0 aliphatic rings. The number of carbonyl (C=O) groups is 2. The Morgan fingerprint density at radius 1 is 0.442 bits per heavy atom. The Kier molecular flexibility index (Phi) is 41.1. The van der Waals surface area contributed by atoms with E-state index in [1.165, 1.54) is 75.1 Å². The van der Waals surface area contributed by atoms with Crippen LogP contribution in [0.25, 0.3) is 22.1 Å². The average Bonchev–Trinajstić information content (AvgIpc) is 1.19. The molecule has 9 heterocycles. The molecule has 0 unspecified atom stereocenters. The van der Waals surface area contributed by atoms with Gasteiger partial charge in [0.15, 0.2) is 5.11 Å². The highest BCUT2D eigenvalue weighted by Crippen LogP contribution is 2.38. The van der Waals surface area contributed by atoms with Gasteiger partial charge in [0, 0.05) is 5.38 Å². The zero-order valence-electron chi connectivity index (χ0n) is 62.4. The van der Waals surface area contributed by atoms with Crippen molar-refractivity contribution in [2.75, 3.05) is 67.7 Å². The molecule has 14 rings (SSSR count). The van der Waals surface area contributed by atoms with Gasteiger partial charge in [-0.2, -0.15) is 0 Å². The van der Waals surface area contributed by atoms with Crippen LogP contribution in [0.2, 0.25) is 21.7 Å². The van der Waals surface area contributed by atoms with Gasteiger partial charge >= 0.3 is 12.1 Å². The van der Waals surface area contributed by atoms with Gasteiger partial charge in [0.1, 0.15) is 37.9 Å². The molecule has 18 N–H and O–H groups in total. The number of benzene rings is 5. The first kappa shape index (κ1) is 97.3. The summed E-state index contributed by atoms with van der Waals surface area (Å²) in [7, 11) is 1.34. The van der Waals surface area contributed by atoms with Crippen molar-refractivity contribution in [2.24, 2.45) is 0 Å². The predicted octanol–water partition coefficient (Wildman–Crippen LogP) is 26.5. The molecule has 14 aromatic rings. The van der Waals surface area contributed by atoms with E-state index >= 15 is 0 Å². The Morgan fingerprint density at radius 3 is 1.22 bits per heavy atom. The molecule has 113 heavy (non-hydrogen) atoms. The summed E-state index contributed by atoms with van der Waals surface area (Å²) in [6.45, 7) is 19.3. The molecule has 0 aliphatic carbocycles. The Bertz CT molecular complexity index is 5040. The number of nitrogens with one attached hydrogen (secondary N) is 8. The number of methoxy groups -OCH3 is 1. The number of aromatic nitrogens is 4. The minimum atomic E-state index is -0.450. The molecule has 0 spiro atoms. The fraction of sp³-hybridized carbons (Fsp3) is 0.158. The molecular formula is C76H83Cl8N15O5S9. The number of halogens is 8. The number of aromatic amines is 2. The number of aryl methyl sites for hydroxylation is 7. The SMILES string of the molecule is COC(=O)c1scc(C)c1N.Cc1csc(Cl)c1N.Cc1csc(Cl)c1NC(=S)Nc1ccccc1N.Cc1csc(Cl)c1NC(=S)Oc1ccccc1.Cc1csc(Cl)c1Nc1nc2ccccc2[nH]1.Cc1csc(Cl)c1Nc1nc2ccccc2[nH]1.Cc1cscc1NC(=O)OC(C)(C)C.Cl.Cl.Cl.Nc1ccccc1N. The third-order valence-electron chi connectivity index (χ3n) is 14.5. The highest BCUT2D eigenvalue weighted by atomic mass is 35.5. The second-order valence-electron chi connectivity index (χ2n) is 24.2. The second-order valence-corrected chi connectivity index (χ2v) is 34.0. The Balaban J connectivity index is 0.000000275. The molecule has 0 aliphatic heterocycles.